The zero-order valence-electron chi connectivity index (χ0n) is 7.27. The third-order valence-corrected chi connectivity index (χ3v) is 1.53. The van der Waals surface area contributed by atoms with E-state index in [0.29, 0.717) is 6.61 Å². The maximum Gasteiger partial charge on any atom is 0.307 e. The summed E-state index contributed by atoms with van der Waals surface area (Å²) in [7, 11) is 0. The molecule has 1 aromatic rings. The van der Waals surface area contributed by atoms with E-state index in [1.54, 1.807) is 0 Å². The lowest BCUT2D eigenvalue weighted by atomic mass is 10.2. The molecule has 1 aromatic carbocycles. The van der Waals surface area contributed by atoms with Crippen molar-refractivity contribution in [2.75, 3.05) is 0 Å². The third kappa shape index (κ3) is 3.71. The van der Waals surface area contributed by atoms with Crippen LogP contribution in [0.25, 0.3) is 0 Å². The standard InChI is InChI=1S/C10H12NO2/c11-7-6-10(12)13-8-9-4-2-1-3-5-9/h1-5,7H,6,8,11H2. The highest BCUT2D eigenvalue weighted by Gasteiger charge is 2.00. The Morgan fingerprint density at radius 3 is 2.69 bits per heavy atom. The molecule has 13 heavy (non-hydrogen) atoms. The van der Waals surface area contributed by atoms with Crippen LogP contribution in [0.1, 0.15) is 12.0 Å². The molecule has 3 nitrogen and oxygen atoms in total. The topological polar surface area (TPSA) is 52.3 Å². The predicted octanol–water partition coefficient (Wildman–Crippen LogP) is 1.24. The Morgan fingerprint density at radius 2 is 2.08 bits per heavy atom. The van der Waals surface area contributed by atoms with E-state index in [2.05, 4.69) is 0 Å². The van der Waals surface area contributed by atoms with Crippen molar-refractivity contribution in [2.24, 2.45) is 5.73 Å². The van der Waals surface area contributed by atoms with Gasteiger partial charge in [0.05, 0.1) is 6.42 Å². The fourth-order valence-corrected chi connectivity index (χ4v) is 0.893. The Hall–Kier alpha value is -1.35. The van der Waals surface area contributed by atoms with E-state index in [1.807, 2.05) is 30.3 Å². The van der Waals surface area contributed by atoms with Crippen LogP contribution < -0.4 is 5.73 Å². The summed E-state index contributed by atoms with van der Waals surface area (Å²) in [5, 5.41) is 0. The van der Waals surface area contributed by atoms with Crippen LogP contribution in [0.2, 0.25) is 0 Å². The van der Waals surface area contributed by atoms with E-state index < -0.39 is 0 Å². The fourth-order valence-electron chi connectivity index (χ4n) is 0.893. The van der Waals surface area contributed by atoms with Crippen molar-refractivity contribution >= 4 is 5.97 Å². The highest BCUT2D eigenvalue weighted by Crippen LogP contribution is 2.01. The highest BCUT2D eigenvalue weighted by atomic mass is 16.5. The molecule has 0 aliphatic heterocycles. The van der Waals surface area contributed by atoms with Crippen molar-refractivity contribution in [1.29, 1.82) is 0 Å². The molecular formula is C10H12NO2. The number of nitrogens with two attached hydrogens (primary N) is 1. The normalized spacial score (nSPS) is 9.62. The van der Waals surface area contributed by atoms with Crippen LogP contribution in [0.5, 0.6) is 0 Å². The van der Waals surface area contributed by atoms with Crippen molar-refractivity contribution in [3.8, 4) is 0 Å². The maximum atomic E-state index is 10.9. The molecule has 3 heteroatoms. The largest absolute Gasteiger partial charge is 0.461 e. The van der Waals surface area contributed by atoms with Crippen LogP contribution in [-0.4, -0.2) is 5.97 Å². The van der Waals surface area contributed by atoms with Crippen molar-refractivity contribution in [2.45, 2.75) is 13.0 Å². The Labute approximate surface area is 77.5 Å². The molecule has 0 saturated carbocycles. The van der Waals surface area contributed by atoms with Crippen LogP contribution in [0.3, 0.4) is 0 Å². The van der Waals surface area contributed by atoms with E-state index >= 15 is 0 Å². The van der Waals surface area contributed by atoms with Crippen molar-refractivity contribution in [3.63, 3.8) is 0 Å². The summed E-state index contributed by atoms with van der Waals surface area (Å²) in [4.78, 5) is 10.9. The number of ether oxygens (including phenoxy) is 1. The molecule has 0 saturated heterocycles. The SMILES string of the molecule is N[CH]CC(=O)OCc1ccccc1. The summed E-state index contributed by atoms with van der Waals surface area (Å²) in [6.07, 6.45) is 0.160. The van der Waals surface area contributed by atoms with E-state index in [1.165, 1.54) is 6.54 Å². The van der Waals surface area contributed by atoms with Gasteiger partial charge in [-0.05, 0) is 5.56 Å². The van der Waals surface area contributed by atoms with E-state index in [4.69, 9.17) is 10.5 Å². The Morgan fingerprint density at radius 1 is 1.38 bits per heavy atom. The summed E-state index contributed by atoms with van der Waals surface area (Å²) < 4.78 is 4.92. The molecule has 0 amide bonds. The molecular weight excluding hydrogens is 166 g/mol. The van der Waals surface area contributed by atoms with E-state index in [-0.39, 0.29) is 12.4 Å². The zero-order chi connectivity index (χ0) is 9.52. The smallest absolute Gasteiger partial charge is 0.307 e. The number of hydrogen-bond acceptors (Lipinski definition) is 3. The van der Waals surface area contributed by atoms with Crippen LogP contribution >= 0.6 is 0 Å². The van der Waals surface area contributed by atoms with Gasteiger partial charge in [0.1, 0.15) is 6.61 Å². The number of esters is 1. The predicted molar refractivity (Wildman–Crippen MR) is 49.3 cm³/mol. The van der Waals surface area contributed by atoms with Crippen molar-refractivity contribution < 1.29 is 9.53 Å². The summed E-state index contributed by atoms with van der Waals surface area (Å²) in [6.45, 7) is 1.60. The Balaban J connectivity index is 2.31. The monoisotopic (exact) mass is 178 g/mol. The minimum absolute atomic E-state index is 0.160. The summed E-state index contributed by atoms with van der Waals surface area (Å²) in [5.41, 5.74) is 6.05. The molecule has 0 spiro atoms. The first kappa shape index (κ1) is 9.74. The molecule has 0 bridgehead atoms. The maximum absolute atomic E-state index is 10.9. The molecule has 0 fully saturated rings. The second kappa shape index (κ2) is 5.32. The summed E-state index contributed by atoms with van der Waals surface area (Å²) in [5.74, 6) is -0.300. The van der Waals surface area contributed by atoms with Gasteiger partial charge in [0, 0.05) is 6.54 Å². The van der Waals surface area contributed by atoms with Crippen LogP contribution in [0.15, 0.2) is 30.3 Å². The minimum Gasteiger partial charge on any atom is -0.461 e. The first-order valence-electron chi connectivity index (χ1n) is 4.06. The average molecular weight is 178 g/mol. The number of carbonyl (C=O) groups excluding carboxylic acids is 1. The second-order valence-electron chi connectivity index (χ2n) is 2.59. The van der Waals surface area contributed by atoms with Crippen LogP contribution in [0, 0.1) is 6.54 Å². The first-order chi connectivity index (χ1) is 6.33. The molecule has 0 heterocycles. The summed E-state index contributed by atoms with van der Waals surface area (Å²) >= 11 is 0. The number of hydrogen-bond donors (Lipinski definition) is 1. The quantitative estimate of drug-likeness (QED) is 0.706. The average Bonchev–Trinajstić information content (AvgIpc) is 2.17. The Bertz CT molecular complexity index is 259. The molecule has 0 aliphatic rings. The molecule has 2 N–H and O–H groups in total. The molecule has 69 valence electrons. The van der Waals surface area contributed by atoms with Crippen molar-refractivity contribution in [1.82, 2.24) is 0 Å². The van der Waals surface area contributed by atoms with Gasteiger partial charge in [0.25, 0.3) is 0 Å². The zero-order valence-corrected chi connectivity index (χ0v) is 7.27. The number of carbonyl (C=O) groups is 1. The van der Waals surface area contributed by atoms with Gasteiger partial charge in [-0.2, -0.15) is 0 Å². The molecule has 1 radical (unpaired) electrons. The first-order valence-corrected chi connectivity index (χ1v) is 4.06. The fraction of sp³-hybridized carbons (Fsp3) is 0.200. The number of benzene rings is 1. The highest BCUT2D eigenvalue weighted by molar-refractivity contribution is 5.70. The molecule has 0 aromatic heterocycles. The van der Waals surface area contributed by atoms with Gasteiger partial charge < -0.3 is 10.5 Å². The third-order valence-electron chi connectivity index (χ3n) is 1.53. The van der Waals surface area contributed by atoms with Gasteiger partial charge in [-0.15, -0.1) is 0 Å². The minimum atomic E-state index is -0.300. The van der Waals surface area contributed by atoms with E-state index in [9.17, 15) is 4.79 Å². The lowest BCUT2D eigenvalue weighted by Gasteiger charge is -2.02. The van der Waals surface area contributed by atoms with Crippen LogP contribution in [-0.2, 0) is 16.1 Å². The van der Waals surface area contributed by atoms with E-state index in [0.717, 1.165) is 5.56 Å². The molecule has 0 atom stereocenters. The van der Waals surface area contributed by atoms with Crippen LogP contribution in [0.4, 0.5) is 0 Å². The van der Waals surface area contributed by atoms with Gasteiger partial charge >= 0.3 is 5.97 Å². The lowest BCUT2D eigenvalue weighted by molar-refractivity contribution is -0.144. The Kier molecular flexibility index (Phi) is 3.99. The lowest BCUT2D eigenvalue weighted by Crippen LogP contribution is -2.07. The van der Waals surface area contributed by atoms with Gasteiger partial charge in [0.15, 0.2) is 0 Å². The number of rotatable bonds is 4. The van der Waals surface area contributed by atoms with Gasteiger partial charge in [-0.1, -0.05) is 30.3 Å². The molecule has 1 rings (SSSR count). The summed E-state index contributed by atoms with van der Waals surface area (Å²) in [6, 6.07) is 9.52. The van der Waals surface area contributed by atoms with Gasteiger partial charge in [-0.3, -0.25) is 4.79 Å². The van der Waals surface area contributed by atoms with Gasteiger partial charge in [0.2, 0.25) is 0 Å². The van der Waals surface area contributed by atoms with Gasteiger partial charge in [-0.25, -0.2) is 0 Å². The molecule has 0 aliphatic carbocycles. The molecule has 0 unspecified atom stereocenters. The second-order valence-corrected chi connectivity index (χ2v) is 2.59. The van der Waals surface area contributed by atoms with Crippen molar-refractivity contribution in [3.05, 3.63) is 42.4 Å².